The lowest BCUT2D eigenvalue weighted by molar-refractivity contribution is -0.147. The summed E-state index contributed by atoms with van der Waals surface area (Å²) in [4.78, 5) is 10.9. The molecule has 1 saturated heterocycles. The van der Waals surface area contributed by atoms with Gasteiger partial charge in [0.25, 0.3) is 0 Å². The molecule has 1 fully saturated rings. The molecule has 5 heteroatoms. The number of ether oxygens (including phenoxy) is 2. The van der Waals surface area contributed by atoms with Gasteiger partial charge in [-0.15, -0.1) is 0 Å². The molecule has 1 aliphatic rings. The summed E-state index contributed by atoms with van der Waals surface area (Å²) in [6, 6.07) is 5.27. The van der Waals surface area contributed by atoms with Crippen molar-refractivity contribution in [2.45, 2.75) is 18.4 Å². The fraction of sp³-hybridized carbons (Fsp3) is 0.462. The zero-order valence-corrected chi connectivity index (χ0v) is 10.1. The standard InChI is InChI=1S/C13H16O5/c1-17-11-3-2-8(9-4-5-18-7-9)6-10(11)12(14)13(15)16/h2-3,6,9,12,14H,4-5,7H2,1H3,(H,15,16). The van der Waals surface area contributed by atoms with Crippen LogP contribution in [-0.4, -0.2) is 36.5 Å². The quantitative estimate of drug-likeness (QED) is 0.845. The largest absolute Gasteiger partial charge is 0.496 e. The summed E-state index contributed by atoms with van der Waals surface area (Å²) in [5.74, 6) is -0.642. The molecule has 1 aliphatic heterocycles. The Morgan fingerprint density at radius 2 is 2.33 bits per heavy atom. The number of methoxy groups -OCH3 is 1. The lowest BCUT2D eigenvalue weighted by Crippen LogP contribution is -2.12. The van der Waals surface area contributed by atoms with Crippen molar-refractivity contribution in [2.24, 2.45) is 0 Å². The first-order valence-corrected chi connectivity index (χ1v) is 5.80. The van der Waals surface area contributed by atoms with E-state index in [1.807, 2.05) is 6.07 Å². The lowest BCUT2D eigenvalue weighted by atomic mass is 9.94. The highest BCUT2D eigenvalue weighted by Gasteiger charge is 2.24. The van der Waals surface area contributed by atoms with Gasteiger partial charge in [0.2, 0.25) is 0 Å². The first-order valence-electron chi connectivity index (χ1n) is 5.80. The minimum atomic E-state index is -1.57. The van der Waals surface area contributed by atoms with Crippen molar-refractivity contribution in [2.75, 3.05) is 20.3 Å². The van der Waals surface area contributed by atoms with Crippen molar-refractivity contribution in [3.63, 3.8) is 0 Å². The molecule has 0 aromatic heterocycles. The molecule has 0 spiro atoms. The van der Waals surface area contributed by atoms with Gasteiger partial charge in [-0.25, -0.2) is 4.79 Å². The van der Waals surface area contributed by atoms with Gasteiger partial charge in [-0.05, 0) is 24.1 Å². The molecule has 0 aliphatic carbocycles. The van der Waals surface area contributed by atoms with Crippen LogP contribution in [0.4, 0.5) is 0 Å². The van der Waals surface area contributed by atoms with Gasteiger partial charge in [-0.2, -0.15) is 0 Å². The third-order valence-electron chi connectivity index (χ3n) is 3.18. The van der Waals surface area contributed by atoms with E-state index in [-0.39, 0.29) is 11.5 Å². The number of rotatable bonds is 4. The molecular formula is C13H16O5. The van der Waals surface area contributed by atoms with E-state index in [4.69, 9.17) is 14.6 Å². The second-order valence-corrected chi connectivity index (χ2v) is 4.30. The Bertz CT molecular complexity index is 437. The molecule has 2 rings (SSSR count). The number of aliphatic hydroxyl groups is 1. The summed E-state index contributed by atoms with van der Waals surface area (Å²) in [6.45, 7) is 1.35. The number of carboxylic acids is 1. The summed E-state index contributed by atoms with van der Waals surface area (Å²) < 4.78 is 10.4. The zero-order chi connectivity index (χ0) is 13.1. The monoisotopic (exact) mass is 252 g/mol. The van der Waals surface area contributed by atoms with E-state index < -0.39 is 12.1 Å². The smallest absolute Gasteiger partial charge is 0.337 e. The number of hydrogen-bond donors (Lipinski definition) is 2. The third kappa shape index (κ3) is 2.47. The number of aliphatic carboxylic acids is 1. The maximum absolute atomic E-state index is 10.9. The second kappa shape index (κ2) is 5.37. The number of hydrogen-bond acceptors (Lipinski definition) is 4. The van der Waals surface area contributed by atoms with Crippen LogP contribution in [0.1, 0.15) is 29.6 Å². The van der Waals surface area contributed by atoms with E-state index in [9.17, 15) is 9.90 Å². The van der Waals surface area contributed by atoms with Crippen LogP contribution in [0.25, 0.3) is 0 Å². The van der Waals surface area contributed by atoms with Crippen LogP contribution in [0.5, 0.6) is 5.75 Å². The maximum Gasteiger partial charge on any atom is 0.337 e. The Hall–Kier alpha value is -1.59. The van der Waals surface area contributed by atoms with Gasteiger partial charge >= 0.3 is 5.97 Å². The van der Waals surface area contributed by atoms with Gasteiger partial charge in [-0.3, -0.25) is 0 Å². The van der Waals surface area contributed by atoms with Crippen LogP contribution in [0.15, 0.2) is 18.2 Å². The predicted molar refractivity (Wildman–Crippen MR) is 63.8 cm³/mol. The highest BCUT2D eigenvalue weighted by molar-refractivity contribution is 5.75. The van der Waals surface area contributed by atoms with Gasteiger partial charge in [0.1, 0.15) is 5.75 Å². The molecule has 0 amide bonds. The fourth-order valence-electron chi connectivity index (χ4n) is 2.15. The molecule has 5 nitrogen and oxygen atoms in total. The average Bonchev–Trinajstić information content (AvgIpc) is 2.90. The Morgan fingerprint density at radius 3 is 2.89 bits per heavy atom. The molecule has 2 N–H and O–H groups in total. The van der Waals surface area contributed by atoms with Gasteiger partial charge in [0, 0.05) is 18.1 Å². The molecule has 2 atom stereocenters. The number of carbonyl (C=O) groups is 1. The van der Waals surface area contributed by atoms with Crippen LogP contribution >= 0.6 is 0 Å². The molecule has 1 aromatic carbocycles. The first kappa shape index (κ1) is 12.9. The molecular weight excluding hydrogens is 236 g/mol. The van der Waals surface area contributed by atoms with Crippen LogP contribution in [0, 0.1) is 0 Å². The Labute approximate surface area is 105 Å². The molecule has 1 heterocycles. The minimum absolute atomic E-state index is 0.260. The van der Waals surface area contributed by atoms with Gasteiger partial charge in [0.15, 0.2) is 6.10 Å². The molecule has 98 valence electrons. The van der Waals surface area contributed by atoms with E-state index in [0.717, 1.165) is 12.0 Å². The molecule has 0 saturated carbocycles. The zero-order valence-electron chi connectivity index (χ0n) is 10.1. The van der Waals surface area contributed by atoms with E-state index >= 15 is 0 Å². The molecule has 0 bridgehead atoms. The normalized spacial score (nSPS) is 20.7. The minimum Gasteiger partial charge on any atom is -0.496 e. The average molecular weight is 252 g/mol. The summed E-state index contributed by atoms with van der Waals surface area (Å²) >= 11 is 0. The van der Waals surface area contributed by atoms with Gasteiger partial charge < -0.3 is 19.7 Å². The van der Waals surface area contributed by atoms with Crippen molar-refractivity contribution >= 4 is 5.97 Å². The first-order chi connectivity index (χ1) is 8.63. The molecule has 1 aromatic rings. The SMILES string of the molecule is COc1ccc(C2CCOC2)cc1C(O)C(=O)O. The maximum atomic E-state index is 10.9. The summed E-state index contributed by atoms with van der Waals surface area (Å²) in [7, 11) is 1.45. The van der Waals surface area contributed by atoms with E-state index in [2.05, 4.69) is 0 Å². The number of benzene rings is 1. The molecule has 0 radical (unpaired) electrons. The Kier molecular flexibility index (Phi) is 3.84. The fourth-order valence-corrected chi connectivity index (χ4v) is 2.15. The van der Waals surface area contributed by atoms with Crippen LogP contribution in [0.2, 0.25) is 0 Å². The molecule has 18 heavy (non-hydrogen) atoms. The van der Waals surface area contributed by atoms with E-state index in [1.165, 1.54) is 7.11 Å². The number of carboxylic acid groups (broad SMARTS) is 1. The summed E-state index contributed by atoms with van der Waals surface area (Å²) in [6.07, 6.45) is -0.656. The Balaban J connectivity index is 2.35. The van der Waals surface area contributed by atoms with Crippen molar-refractivity contribution in [3.05, 3.63) is 29.3 Å². The summed E-state index contributed by atoms with van der Waals surface area (Å²) in [5.41, 5.74) is 1.26. The van der Waals surface area contributed by atoms with Crippen molar-refractivity contribution in [1.82, 2.24) is 0 Å². The second-order valence-electron chi connectivity index (χ2n) is 4.30. The summed E-state index contributed by atoms with van der Waals surface area (Å²) in [5, 5.41) is 18.5. The molecule has 2 unspecified atom stereocenters. The van der Waals surface area contributed by atoms with Crippen LogP contribution in [-0.2, 0) is 9.53 Å². The van der Waals surface area contributed by atoms with Gasteiger partial charge in [0.05, 0.1) is 13.7 Å². The van der Waals surface area contributed by atoms with Crippen LogP contribution < -0.4 is 4.74 Å². The Morgan fingerprint density at radius 1 is 1.56 bits per heavy atom. The lowest BCUT2D eigenvalue weighted by Gasteiger charge is -2.15. The third-order valence-corrected chi connectivity index (χ3v) is 3.18. The van der Waals surface area contributed by atoms with Gasteiger partial charge in [-0.1, -0.05) is 6.07 Å². The van der Waals surface area contributed by atoms with E-state index in [0.29, 0.717) is 19.0 Å². The predicted octanol–water partition coefficient (Wildman–Crippen LogP) is 1.32. The number of aliphatic hydroxyl groups excluding tert-OH is 1. The van der Waals surface area contributed by atoms with Crippen molar-refractivity contribution < 1.29 is 24.5 Å². The highest BCUT2D eigenvalue weighted by atomic mass is 16.5. The van der Waals surface area contributed by atoms with Crippen LogP contribution in [0.3, 0.4) is 0 Å². The van der Waals surface area contributed by atoms with Crippen molar-refractivity contribution in [3.8, 4) is 5.75 Å². The highest BCUT2D eigenvalue weighted by Crippen LogP contribution is 2.32. The van der Waals surface area contributed by atoms with Crippen molar-refractivity contribution in [1.29, 1.82) is 0 Å². The topological polar surface area (TPSA) is 76.0 Å². The van der Waals surface area contributed by atoms with E-state index in [1.54, 1.807) is 12.1 Å².